The van der Waals surface area contributed by atoms with Crippen LogP contribution in [0.5, 0.6) is 0 Å². The number of unbranched alkanes of at least 4 members (excludes halogenated alkanes) is 1. The highest BCUT2D eigenvalue weighted by Crippen LogP contribution is 2.30. The molecule has 2 amide bonds. The van der Waals surface area contributed by atoms with E-state index in [4.69, 9.17) is 27.1 Å². The highest BCUT2D eigenvalue weighted by atomic mass is 35.5. The smallest absolute Gasteiger partial charge is 0.288 e. The second kappa shape index (κ2) is 17.5. The van der Waals surface area contributed by atoms with Gasteiger partial charge in [-0.1, -0.05) is 80.8 Å². The van der Waals surface area contributed by atoms with Gasteiger partial charge >= 0.3 is 0 Å². The first kappa shape index (κ1) is 36.1. The Bertz CT molecular complexity index is 1380. The van der Waals surface area contributed by atoms with Crippen molar-refractivity contribution in [2.75, 3.05) is 39.3 Å². The number of hydrogen-bond donors (Lipinski definition) is 3. The molecule has 0 spiro atoms. The predicted molar refractivity (Wildman–Crippen MR) is 192 cm³/mol. The van der Waals surface area contributed by atoms with Crippen LogP contribution in [0.2, 0.25) is 5.02 Å². The number of piperazine rings is 1. The highest BCUT2D eigenvalue weighted by molar-refractivity contribution is 6.31. The van der Waals surface area contributed by atoms with Gasteiger partial charge < -0.3 is 35.8 Å². The fourth-order valence-electron chi connectivity index (χ4n) is 7.00. The largest absolute Gasteiger partial charge is 0.455 e. The predicted octanol–water partition coefficient (Wildman–Crippen LogP) is 4.47. The zero-order valence-corrected chi connectivity index (χ0v) is 29.6. The third kappa shape index (κ3) is 9.49. The summed E-state index contributed by atoms with van der Waals surface area (Å²) >= 11 is 6.40. The number of amides is 2. The van der Waals surface area contributed by atoms with E-state index in [1.54, 1.807) is 4.90 Å². The van der Waals surface area contributed by atoms with Crippen LogP contribution in [0, 0.1) is 0 Å². The molecule has 4 atom stereocenters. The van der Waals surface area contributed by atoms with Crippen LogP contribution in [0.25, 0.3) is 0 Å². The maximum Gasteiger partial charge on any atom is 0.288 e. The molecule has 0 radical (unpaired) electrons. The summed E-state index contributed by atoms with van der Waals surface area (Å²) in [4.78, 5) is 39.5. The van der Waals surface area contributed by atoms with Crippen LogP contribution >= 0.6 is 11.6 Å². The van der Waals surface area contributed by atoms with Gasteiger partial charge in [-0.15, -0.1) is 0 Å². The van der Waals surface area contributed by atoms with Crippen LogP contribution < -0.4 is 16.4 Å². The van der Waals surface area contributed by atoms with Crippen LogP contribution in [0.1, 0.15) is 82.1 Å². The summed E-state index contributed by atoms with van der Waals surface area (Å²) in [6.07, 6.45) is 6.43. The zero-order valence-electron chi connectivity index (χ0n) is 28.9. The molecule has 262 valence electrons. The van der Waals surface area contributed by atoms with E-state index in [0.717, 1.165) is 42.5 Å². The van der Waals surface area contributed by atoms with E-state index >= 15 is 0 Å². The minimum atomic E-state index is -0.716. The Morgan fingerprint density at radius 1 is 1.04 bits per heavy atom. The molecule has 0 bridgehead atoms. The first-order chi connectivity index (χ1) is 23.2. The first-order valence-electron chi connectivity index (χ1n) is 17.8. The standard InChI is InChI=1S/C37H54ClN7O3/c1-26(2)41-32(14-8-11-19-43-17-9-5-10-18-43)36(47)45-21-20-44(37-42-27(3)34(48-37)29-12-6-4-7-13-29)25-33(45)35(46)40-24-28-15-16-30(23-39)31(38)22-28/h4,6-7,12-13,15-16,22,26-27,32-34,41H,5,8-11,14,17-21,23-25,39H2,1-3H3,(H,40,46)/t27-,32+,33-,34+/m0/s1. The molecule has 2 aromatic rings. The fraction of sp³-hybridized carbons (Fsp3) is 0.595. The second-order valence-corrected chi connectivity index (χ2v) is 14.1. The van der Waals surface area contributed by atoms with E-state index < -0.39 is 6.04 Å². The lowest BCUT2D eigenvalue weighted by Crippen LogP contribution is -2.64. The average molecular weight is 680 g/mol. The number of carbonyl (C=O) groups is 2. The molecule has 3 aliphatic heterocycles. The number of ether oxygens (including phenoxy) is 1. The number of nitrogens with zero attached hydrogens (tertiary/aromatic N) is 4. The summed E-state index contributed by atoms with van der Waals surface area (Å²) in [5, 5.41) is 7.18. The van der Waals surface area contributed by atoms with Crippen molar-refractivity contribution in [3.8, 4) is 0 Å². The Kier molecular flexibility index (Phi) is 13.1. The van der Waals surface area contributed by atoms with E-state index in [0.29, 0.717) is 37.2 Å². The molecule has 5 rings (SSSR count). The SMILES string of the molecule is CC(C)N[C@H](CCCCN1CCCCC1)C(=O)N1CCN(C2=N[C@@H](C)[C@H](c3ccccc3)O2)C[C@H]1C(=O)NCc1ccc(CN)c(Cl)c1. The quantitative estimate of drug-likeness (QED) is 0.268. The van der Waals surface area contributed by atoms with Gasteiger partial charge in [0.15, 0.2) is 0 Å². The molecule has 10 nitrogen and oxygen atoms in total. The number of hydrogen-bond acceptors (Lipinski definition) is 8. The third-order valence-corrected chi connectivity index (χ3v) is 10.0. The van der Waals surface area contributed by atoms with Crippen molar-refractivity contribution in [2.24, 2.45) is 10.7 Å². The van der Waals surface area contributed by atoms with Crippen LogP contribution in [0.3, 0.4) is 0 Å². The van der Waals surface area contributed by atoms with E-state index in [1.807, 2.05) is 60.4 Å². The van der Waals surface area contributed by atoms with Gasteiger partial charge in [-0.2, -0.15) is 0 Å². The van der Waals surface area contributed by atoms with E-state index in [9.17, 15) is 9.59 Å². The number of aliphatic imine (C=N–C) groups is 1. The van der Waals surface area contributed by atoms with Crippen molar-refractivity contribution in [2.45, 2.75) is 103 Å². The van der Waals surface area contributed by atoms with E-state index in [-0.39, 0.29) is 42.6 Å². The van der Waals surface area contributed by atoms with Gasteiger partial charge in [-0.25, -0.2) is 4.99 Å². The van der Waals surface area contributed by atoms with Gasteiger partial charge in [0.2, 0.25) is 11.8 Å². The van der Waals surface area contributed by atoms with E-state index in [2.05, 4.69) is 29.4 Å². The molecule has 2 fully saturated rings. The first-order valence-corrected chi connectivity index (χ1v) is 18.2. The van der Waals surface area contributed by atoms with Crippen molar-refractivity contribution in [1.82, 2.24) is 25.3 Å². The number of benzene rings is 2. The summed E-state index contributed by atoms with van der Waals surface area (Å²) < 4.78 is 6.40. The maximum absolute atomic E-state index is 14.3. The number of rotatable bonds is 13. The number of carbonyl (C=O) groups excluding carboxylic acids is 2. The van der Waals surface area contributed by atoms with Crippen molar-refractivity contribution in [3.63, 3.8) is 0 Å². The number of likely N-dealkylation sites (tertiary alicyclic amines) is 1. The minimum absolute atomic E-state index is 0.0263. The summed E-state index contributed by atoms with van der Waals surface area (Å²) in [5.41, 5.74) is 8.57. The Morgan fingerprint density at radius 3 is 2.52 bits per heavy atom. The molecule has 48 heavy (non-hydrogen) atoms. The van der Waals surface area contributed by atoms with Crippen molar-refractivity contribution < 1.29 is 14.3 Å². The lowest BCUT2D eigenvalue weighted by molar-refractivity contribution is -0.145. The van der Waals surface area contributed by atoms with Gasteiger partial charge in [0.05, 0.1) is 18.6 Å². The van der Waals surface area contributed by atoms with Crippen molar-refractivity contribution in [3.05, 3.63) is 70.2 Å². The number of nitrogens with two attached hydrogens (primary N) is 1. The average Bonchev–Trinajstić information content (AvgIpc) is 3.50. The monoisotopic (exact) mass is 679 g/mol. The molecule has 3 heterocycles. The Morgan fingerprint density at radius 2 is 1.81 bits per heavy atom. The molecule has 0 unspecified atom stereocenters. The van der Waals surface area contributed by atoms with Gasteiger partial charge in [0.1, 0.15) is 12.1 Å². The van der Waals surface area contributed by atoms with Gasteiger partial charge in [0.25, 0.3) is 6.02 Å². The molecule has 0 saturated carbocycles. The molecule has 3 aliphatic rings. The lowest BCUT2D eigenvalue weighted by atomic mass is 10.0. The molecular weight excluding hydrogens is 626 g/mol. The molecule has 2 saturated heterocycles. The summed E-state index contributed by atoms with van der Waals surface area (Å²) in [6.45, 7) is 11.5. The minimum Gasteiger partial charge on any atom is -0.455 e. The third-order valence-electron chi connectivity index (χ3n) is 9.65. The zero-order chi connectivity index (χ0) is 34.0. The normalized spacial score (nSPS) is 22.4. The molecular formula is C37H54ClN7O3. The molecule has 4 N–H and O–H groups in total. The number of amidine groups is 1. The van der Waals surface area contributed by atoms with Gasteiger partial charge in [0, 0.05) is 37.2 Å². The van der Waals surface area contributed by atoms with Gasteiger partial charge in [-0.3, -0.25) is 9.59 Å². The summed E-state index contributed by atoms with van der Waals surface area (Å²) in [6, 6.07) is 15.2. The summed E-state index contributed by atoms with van der Waals surface area (Å²) in [5.74, 6) is -0.242. The van der Waals surface area contributed by atoms with Crippen LogP contribution in [0.15, 0.2) is 53.5 Å². The van der Waals surface area contributed by atoms with Gasteiger partial charge in [-0.05, 0) is 75.0 Å². The second-order valence-electron chi connectivity index (χ2n) is 13.7. The lowest BCUT2D eigenvalue weighted by Gasteiger charge is -2.42. The number of piperidine rings is 1. The fourth-order valence-corrected chi connectivity index (χ4v) is 7.28. The van der Waals surface area contributed by atoms with E-state index in [1.165, 1.54) is 32.4 Å². The molecule has 11 heteroatoms. The topological polar surface area (TPSA) is 116 Å². The highest BCUT2D eigenvalue weighted by Gasteiger charge is 2.41. The molecule has 2 aromatic carbocycles. The van der Waals surface area contributed by atoms with Crippen molar-refractivity contribution >= 4 is 29.4 Å². The number of halogens is 1. The van der Waals surface area contributed by atoms with Crippen LogP contribution in [-0.2, 0) is 27.4 Å². The Balaban J connectivity index is 1.29. The maximum atomic E-state index is 14.3. The molecule has 0 aliphatic carbocycles. The Hall–Kier alpha value is -3.18. The number of nitrogens with one attached hydrogen (secondary N) is 2. The molecule has 0 aromatic heterocycles. The Labute approximate surface area is 291 Å². The summed E-state index contributed by atoms with van der Waals surface area (Å²) in [7, 11) is 0. The van der Waals surface area contributed by atoms with Crippen LogP contribution in [0.4, 0.5) is 0 Å². The van der Waals surface area contributed by atoms with Crippen molar-refractivity contribution in [1.29, 1.82) is 0 Å². The van der Waals surface area contributed by atoms with Crippen LogP contribution in [-0.4, -0.2) is 96.0 Å².